The Kier molecular flexibility index (Phi) is 4.21. The van der Waals surface area contributed by atoms with Crippen molar-refractivity contribution in [2.24, 2.45) is 0 Å². The van der Waals surface area contributed by atoms with E-state index in [2.05, 4.69) is 4.98 Å². The molecular weight excluding hydrogens is 314 g/mol. The average molecular weight is 322 g/mol. The number of aromatic nitrogens is 1. The summed E-state index contributed by atoms with van der Waals surface area (Å²) < 4.78 is 26.0. The van der Waals surface area contributed by atoms with Crippen LogP contribution < -0.4 is 4.72 Å². The first kappa shape index (κ1) is 15.0. The van der Waals surface area contributed by atoms with Crippen molar-refractivity contribution < 1.29 is 13.2 Å². The maximum Gasteiger partial charge on any atom is 0.265 e. The van der Waals surface area contributed by atoms with Crippen LogP contribution in [-0.2, 0) is 10.0 Å². The molecule has 21 heavy (non-hydrogen) atoms. The van der Waals surface area contributed by atoms with Crippen LogP contribution in [0.4, 0.5) is 0 Å². The molecule has 1 amide bonds. The molecule has 0 aliphatic rings. The van der Waals surface area contributed by atoms with Gasteiger partial charge in [-0.3, -0.25) is 4.79 Å². The second kappa shape index (κ2) is 5.91. The summed E-state index contributed by atoms with van der Waals surface area (Å²) in [6.45, 7) is 0. The lowest BCUT2D eigenvalue weighted by atomic mass is 10.2. The predicted molar refractivity (Wildman–Crippen MR) is 75.1 cm³/mol. The van der Waals surface area contributed by atoms with Crippen LogP contribution in [0, 0.1) is 11.3 Å². The number of nitrogens with one attached hydrogen (secondary N) is 1. The van der Waals surface area contributed by atoms with Crippen LogP contribution in [0.3, 0.4) is 0 Å². The van der Waals surface area contributed by atoms with Crippen LogP contribution in [0.2, 0.25) is 5.15 Å². The molecule has 0 saturated carbocycles. The number of nitrogens with zero attached hydrogens (tertiary/aromatic N) is 2. The monoisotopic (exact) mass is 321 g/mol. The smallest absolute Gasteiger partial charge is 0.265 e. The van der Waals surface area contributed by atoms with Gasteiger partial charge in [-0.1, -0.05) is 11.6 Å². The van der Waals surface area contributed by atoms with E-state index in [1.807, 2.05) is 10.8 Å². The van der Waals surface area contributed by atoms with Gasteiger partial charge in [0.25, 0.3) is 15.9 Å². The number of pyridine rings is 1. The molecule has 1 heterocycles. The number of rotatable bonds is 3. The molecule has 8 heteroatoms. The Hall–Kier alpha value is -2.43. The Morgan fingerprint density at radius 1 is 1.24 bits per heavy atom. The molecule has 0 unspecified atom stereocenters. The summed E-state index contributed by atoms with van der Waals surface area (Å²) in [5.74, 6) is -0.816. The zero-order valence-corrected chi connectivity index (χ0v) is 12.0. The maximum absolute atomic E-state index is 12.0. The van der Waals surface area contributed by atoms with Crippen molar-refractivity contribution in [2.75, 3.05) is 0 Å². The van der Waals surface area contributed by atoms with Crippen LogP contribution in [0.15, 0.2) is 47.5 Å². The molecule has 0 aliphatic carbocycles. The number of amides is 1. The molecular formula is C13H8ClN3O3S. The number of nitriles is 1. The first-order valence-electron chi connectivity index (χ1n) is 5.61. The number of carbonyl (C=O) groups is 1. The summed E-state index contributed by atoms with van der Waals surface area (Å²) in [4.78, 5) is 15.5. The SMILES string of the molecule is N#Cc1ccc(S(=O)(=O)NC(=O)c2ccnc(Cl)c2)cc1. The van der Waals surface area contributed by atoms with E-state index < -0.39 is 15.9 Å². The van der Waals surface area contributed by atoms with Gasteiger partial charge in [-0.25, -0.2) is 18.1 Å². The first-order chi connectivity index (χ1) is 9.92. The van der Waals surface area contributed by atoms with E-state index in [1.165, 1.54) is 42.6 Å². The van der Waals surface area contributed by atoms with E-state index in [0.29, 0.717) is 5.56 Å². The molecule has 1 aromatic carbocycles. The number of halogens is 1. The van der Waals surface area contributed by atoms with Crippen molar-refractivity contribution >= 4 is 27.5 Å². The largest absolute Gasteiger partial charge is 0.268 e. The predicted octanol–water partition coefficient (Wildman–Crippen LogP) is 1.73. The van der Waals surface area contributed by atoms with Gasteiger partial charge in [0.15, 0.2) is 0 Å². The van der Waals surface area contributed by atoms with Gasteiger partial charge in [-0.2, -0.15) is 5.26 Å². The Labute approximate surface area is 126 Å². The van der Waals surface area contributed by atoms with Gasteiger partial charge >= 0.3 is 0 Å². The lowest BCUT2D eigenvalue weighted by Gasteiger charge is -2.07. The fourth-order valence-electron chi connectivity index (χ4n) is 1.49. The van der Waals surface area contributed by atoms with Crippen molar-refractivity contribution in [2.45, 2.75) is 4.90 Å². The van der Waals surface area contributed by atoms with Gasteiger partial charge in [0, 0.05) is 11.8 Å². The fraction of sp³-hybridized carbons (Fsp3) is 0. The standard InChI is InChI=1S/C13H8ClN3O3S/c14-12-7-10(5-6-16-12)13(18)17-21(19,20)11-3-1-9(8-15)2-4-11/h1-7H,(H,17,18). The van der Waals surface area contributed by atoms with Crippen LogP contribution >= 0.6 is 11.6 Å². The molecule has 0 spiro atoms. The van der Waals surface area contributed by atoms with Gasteiger partial charge in [0.1, 0.15) is 5.15 Å². The number of sulfonamides is 1. The summed E-state index contributed by atoms with van der Waals surface area (Å²) in [7, 11) is -4.02. The lowest BCUT2D eigenvalue weighted by Crippen LogP contribution is -2.30. The molecule has 2 rings (SSSR count). The second-order valence-electron chi connectivity index (χ2n) is 3.94. The molecule has 0 bridgehead atoms. The third-order valence-corrected chi connectivity index (χ3v) is 4.06. The van der Waals surface area contributed by atoms with Crippen LogP contribution in [0.25, 0.3) is 0 Å². The number of hydrogen-bond acceptors (Lipinski definition) is 5. The topological polar surface area (TPSA) is 99.9 Å². The van der Waals surface area contributed by atoms with Crippen molar-refractivity contribution in [3.05, 3.63) is 58.9 Å². The minimum absolute atomic E-state index is 0.0761. The third-order valence-electron chi connectivity index (χ3n) is 2.51. The highest BCUT2D eigenvalue weighted by molar-refractivity contribution is 7.90. The fourth-order valence-corrected chi connectivity index (χ4v) is 2.64. The molecule has 106 valence electrons. The van der Waals surface area contributed by atoms with Gasteiger partial charge < -0.3 is 0 Å². The Morgan fingerprint density at radius 3 is 2.48 bits per heavy atom. The molecule has 0 aliphatic heterocycles. The summed E-state index contributed by atoms with van der Waals surface area (Å²) in [6, 6.07) is 9.66. The zero-order valence-electron chi connectivity index (χ0n) is 10.4. The second-order valence-corrected chi connectivity index (χ2v) is 6.01. The summed E-state index contributed by atoms with van der Waals surface area (Å²) >= 11 is 5.64. The van der Waals surface area contributed by atoms with Gasteiger partial charge in [0.05, 0.1) is 16.5 Å². The van der Waals surface area contributed by atoms with E-state index >= 15 is 0 Å². The molecule has 0 radical (unpaired) electrons. The van der Waals surface area contributed by atoms with Crippen molar-refractivity contribution in [1.29, 1.82) is 5.26 Å². The molecule has 0 atom stereocenters. The number of carbonyl (C=O) groups excluding carboxylic acids is 1. The Balaban J connectivity index is 2.24. The molecule has 1 N–H and O–H groups in total. The average Bonchev–Trinajstić information content (AvgIpc) is 2.47. The van der Waals surface area contributed by atoms with E-state index in [4.69, 9.17) is 16.9 Å². The summed E-state index contributed by atoms with van der Waals surface area (Å²) in [5, 5.41) is 8.75. The zero-order chi connectivity index (χ0) is 15.5. The maximum atomic E-state index is 12.0. The molecule has 0 saturated heterocycles. The van der Waals surface area contributed by atoms with Gasteiger partial charge in [-0.15, -0.1) is 0 Å². The Bertz CT molecular complexity index is 826. The van der Waals surface area contributed by atoms with E-state index in [0.717, 1.165) is 0 Å². The molecule has 6 nitrogen and oxygen atoms in total. The highest BCUT2D eigenvalue weighted by Gasteiger charge is 2.18. The van der Waals surface area contributed by atoms with Crippen LogP contribution in [0.5, 0.6) is 0 Å². The number of hydrogen-bond donors (Lipinski definition) is 1. The van der Waals surface area contributed by atoms with Crippen molar-refractivity contribution in [1.82, 2.24) is 9.71 Å². The van der Waals surface area contributed by atoms with Crippen molar-refractivity contribution in [3.63, 3.8) is 0 Å². The first-order valence-corrected chi connectivity index (χ1v) is 7.47. The highest BCUT2D eigenvalue weighted by atomic mass is 35.5. The van der Waals surface area contributed by atoms with Crippen LogP contribution in [0.1, 0.15) is 15.9 Å². The molecule has 0 fully saturated rings. The van der Waals surface area contributed by atoms with Gasteiger partial charge in [-0.05, 0) is 36.4 Å². The minimum Gasteiger partial charge on any atom is -0.268 e. The summed E-state index contributed by atoms with van der Waals surface area (Å²) in [5.41, 5.74) is 0.397. The summed E-state index contributed by atoms with van der Waals surface area (Å²) in [6.07, 6.45) is 1.30. The molecule has 2 aromatic rings. The number of benzene rings is 1. The normalized spacial score (nSPS) is 10.7. The minimum atomic E-state index is -4.02. The Morgan fingerprint density at radius 2 is 1.90 bits per heavy atom. The van der Waals surface area contributed by atoms with Crippen LogP contribution in [-0.4, -0.2) is 19.3 Å². The third kappa shape index (κ3) is 3.56. The highest BCUT2D eigenvalue weighted by Crippen LogP contribution is 2.12. The van der Waals surface area contributed by atoms with E-state index in [9.17, 15) is 13.2 Å². The quantitative estimate of drug-likeness (QED) is 0.868. The van der Waals surface area contributed by atoms with E-state index in [-0.39, 0.29) is 15.6 Å². The van der Waals surface area contributed by atoms with Crippen molar-refractivity contribution in [3.8, 4) is 6.07 Å². The van der Waals surface area contributed by atoms with E-state index in [1.54, 1.807) is 0 Å². The lowest BCUT2D eigenvalue weighted by molar-refractivity contribution is 0.0981. The molecule has 1 aromatic heterocycles. The van der Waals surface area contributed by atoms with Gasteiger partial charge in [0.2, 0.25) is 0 Å².